The molecule has 1 aliphatic rings. The molecule has 33 heavy (non-hydrogen) atoms. The molecule has 0 aliphatic heterocycles. The highest BCUT2D eigenvalue weighted by molar-refractivity contribution is 7.89. The Labute approximate surface area is 194 Å². The van der Waals surface area contributed by atoms with Gasteiger partial charge >= 0.3 is 0 Å². The van der Waals surface area contributed by atoms with Crippen LogP contribution in [0.15, 0.2) is 52.0 Å². The first-order chi connectivity index (χ1) is 15.8. The quantitative estimate of drug-likeness (QED) is 0.513. The predicted molar refractivity (Wildman–Crippen MR) is 122 cm³/mol. The maximum absolute atomic E-state index is 13.1. The van der Waals surface area contributed by atoms with Crippen molar-refractivity contribution in [3.8, 4) is 5.75 Å². The maximum Gasteiger partial charge on any atom is 0.243 e. The Bertz CT molecular complexity index is 1010. The Morgan fingerprint density at radius 3 is 2.45 bits per heavy atom. The van der Waals surface area contributed by atoms with E-state index < -0.39 is 28.5 Å². The summed E-state index contributed by atoms with van der Waals surface area (Å²) in [4.78, 5) is 27.5. The van der Waals surface area contributed by atoms with Gasteiger partial charge in [-0.05, 0) is 55.7 Å². The lowest BCUT2D eigenvalue weighted by molar-refractivity contribution is -0.141. The second-order valence-electron chi connectivity index (χ2n) is 8.02. The number of hydrogen-bond acceptors (Lipinski definition) is 6. The first kappa shape index (κ1) is 24.8. The Hall–Kier alpha value is -2.85. The van der Waals surface area contributed by atoms with Gasteiger partial charge in [-0.3, -0.25) is 9.59 Å². The van der Waals surface area contributed by atoms with Gasteiger partial charge in [-0.2, -0.15) is 0 Å². The van der Waals surface area contributed by atoms with Gasteiger partial charge in [-0.25, -0.2) is 13.1 Å². The van der Waals surface area contributed by atoms with Crippen LogP contribution < -0.4 is 14.8 Å². The molecular formula is C23H31N3O6S. The van der Waals surface area contributed by atoms with Crippen LogP contribution in [0.25, 0.3) is 0 Å². The number of furan rings is 1. The van der Waals surface area contributed by atoms with Crippen molar-refractivity contribution in [3.05, 3.63) is 48.4 Å². The fraction of sp³-hybridized carbons (Fsp3) is 0.478. The average molecular weight is 478 g/mol. The summed E-state index contributed by atoms with van der Waals surface area (Å²) in [7, 11) is -2.44. The molecule has 2 aromatic rings. The van der Waals surface area contributed by atoms with E-state index in [0.29, 0.717) is 17.9 Å². The molecule has 0 saturated heterocycles. The number of nitrogens with one attached hydrogen (secondary N) is 2. The lowest BCUT2D eigenvalue weighted by Gasteiger charge is -2.30. The summed E-state index contributed by atoms with van der Waals surface area (Å²) in [5.74, 6) is 0.279. The van der Waals surface area contributed by atoms with E-state index in [4.69, 9.17) is 9.15 Å². The van der Waals surface area contributed by atoms with Gasteiger partial charge in [0.25, 0.3) is 0 Å². The molecule has 9 nitrogen and oxygen atoms in total. The third kappa shape index (κ3) is 6.58. The van der Waals surface area contributed by atoms with E-state index in [2.05, 4.69) is 10.0 Å². The molecule has 1 saturated carbocycles. The van der Waals surface area contributed by atoms with E-state index in [1.54, 1.807) is 12.1 Å². The minimum atomic E-state index is -3.92. The monoisotopic (exact) mass is 477 g/mol. The van der Waals surface area contributed by atoms with E-state index in [9.17, 15) is 18.0 Å². The zero-order valence-electron chi connectivity index (χ0n) is 19.0. The molecular weight excluding hydrogens is 446 g/mol. The minimum absolute atomic E-state index is 0.0136. The number of sulfonamides is 1. The molecule has 0 unspecified atom stereocenters. The van der Waals surface area contributed by atoms with Crippen LogP contribution in [0.4, 0.5) is 0 Å². The molecule has 180 valence electrons. The molecule has 0 bridgehead atoms. The van der Waals surface area contributed by atoms with E-state index in [1.807, 2.05) is 6.92 Å². The fourth-order valence-corrected chi connectivity index (χ4v) is 4.93. The lowest BCUT2D eigenvalue weighted by atomic mass is 10.1. The SMILES string of the molecule is CC[C@@H](C(=O)NC1CCCC1)N(Cc1ccco1)C(=O)CNS(=O)(=O)c1ccc(OC)cc1. The highest BCUT2D eigenvalue weighted by Crippen LogP contribution is 2.20. The van der Waals surface area contributed by atoms with Crippen LogP contribution in [-0.2, 0) is 26.2 Å². The number of nitrogens with zero attached hydrogens (tertiary/aromatic N) is 1. The second-order valence-corrected chi connectivity index (χ2v) is 9.78. The van der Waals surface area contributed by atoms with Gasteiger partial charge in [0.2, 0.25) is 21.8 Å². The van der Waals surface area contributed by atoms with Crippen LogP contribution in [0.3, 0.4) is 0 Å². The van der Waals surface area contributed by atoms with E-state index in [0.717, 1.165) is 25.7 Å². The van der Waals surface area contributed by atoms with Gasteiger partial charge in [0, 0.05) is 6.04 Å². The summed E-state index contributed by atoms with van der Waals surface area (Å²) in [6.07, 6.45) is 5.87. The maximum atomic E-state index is 13.1. The smallest absolute Gasteiger partial charge is 0.243 e. The van der Waals surface area contributed by atoms with Crippen molar-refractivity contribution in [1.29, 1.82) is 0 Å². The number of benzene rings is 1. The average Bonchev–Trinajstić information content (AvgIpc) is 3.52. The van der Waals surface area contributed by atoms with E-state index in [-0.39, 0.29) is 23.4 Å². The van der Waals surface area contributed by atoms with Crippen LogP contribution >= 0.6 is 0 Å². The normalized spacial score (nSPS) is 15.2. The number of carbonyl (C=O) groups excluding carboxylic acids is 2. The summed E-state index contributed by atoms with van der Waals surface area (Å²) in [6.45, 7) is 1.40. The zero-order valence-corrected chi connectivity index (χ0v) is 19.8. The van der Waals surface area contributed by atoms with Gasteiger partial charge in [0.05, 0.1) is 31.4 Å². The third-order valence-electron chi connectivity index (χ3n) is 5.78. The summed E-state index contributed by atoms with van der Waals surface area (Å²) in [5.41, 5.74) is 0. The van der Waals surface area contributed by atoms with Crippen molar-refractivity contribution in [2.45, 2.75) is 62.6 Å². The van der Waals surface area contributed by atoms with Crippen molar-refractivity contribution in [3.63, 3.8) is 0 Å². The molecule has 1 atom stereocenters. The molecule has 1 aromatic carbocycles. The Kier molecular flexibility index (Phi) is 8.51. The van der Waals surface area contributed by atoms with Crippen LogP contribution in [0, 0.1) is 0 Å². The molecule has 3 rings (SSSR count). The first-order valence-corrected chi connectivity index (χ1v) is 12.6. The van der Waals surface area contributed by atoms with Crippen molar-refractivity contribution >= 4 is 21.8 Å². The number of rotatable bonds is 11. The molecule has 2 N–H and O–H groups in total. The van der Waals surface area contributed by atoms with Gasteiger partial charge in [-0.15, -0.1) is 0 Å². The highest BCUT2D eigenvalue weighted by Gasteiger charge is 2.31. The third-order valence-corrected chi connectivity index (χ3v) is 7.19. The van der Waals surface area contributed by atoms with Crippen molar-refractivity contribution < 1.29 is 27.2 Å². The van der Waals surface area contributed by atoms with Crippen molar-refractivity contribution in [2.24, 2.45) is 0 Å². The molecule has 10 heteroatoms. The number of methoxy groups -OCH3 is 1. The van der Waals surface area contributed by atoms with Crippen LogP contribution in [0.5, 0.6) is 5.75 Å². The molecule has 2 amide bonds. The van der Waals surface area contributed by atoms with E-state index in [1.165, 1.54) is 42.5 Å². The van der Waals surface area contributed by atoms with Crippen LogP contribution in [-0.4, -0.2) is 50.9 Å². The van der Waals surface area contributed by atoms with Crippen molar-refractivity contribution in [1.82, 2.24) is 14.9 Å². The molecule has 1 aromatic heterocycles. The van der Waals surface area contributed by atoms with Gasteiger partial charge < -0.3 is 19.4 Å². The first-order valence-electron chi connectivity index (χ1n) is 11.1. The summed E-state index contributed by atoms with van der Waals surface area (Å²) >= 11 is 0. The van der Waals surface area contributed by atoms with Crippen LogP contribution in [0.1, 0.15) is 44.8 Å². The summed E-state index contributed by atoms with van der Waals surface area (Å²) in [6, 6.07) is 8.63. The summed E-state index contributed by atoms with van der Waals surface area (Å²) < 4.78 is 38.1. The largest absolute Gasteiger partial charge is 0.497 e. The predicted octanol–water partition coefficient (Wildman–Crippen LogP) is 2.43. The number of ether oxygens (including phenoxy) is 1. The van der Waals surface area contributed by atoms with Gasteiger partial charge in [0.1, 0.15) is 17.6 Å². The van der Waals surface area contributed by atoms with Crippen molar-refractivity contribution in [2.75, 3.05) is 13.7 Å². The Balaban J connectivity index is 1.73. The molecule has 1 aliphatic carbocycles. The highest BCUT2D eigenvalue weighted by atomic mass is 32.2. The van der Waals surface area contributed by atoms with Crippen LogP contribution in [0.2, 0.25) is 0 Å². The fourth-order valence-electron chi connectivity index (χ4n) is 3.95. The molecule has 1 fully saturated rings. The summed E-state index contributed by atoms with van der Waals surface area (Å²) in [5, 5.41) is 3.04. The second kappa shape index (κ2) is 11.3. The van der Waals surface area contributed by atoms with Gasteiger partial charge in [-0.1, -0.05) is 19.8 Å². The topological polar surface area (TPSA) is 118 Å². The minimum Gasteiger partial charge on any atom is -0.497 e. The zero-order chi connectivity index (χ0) is 23.8. The standard InChI is InChI=1S/C23H31N3O6S/c1-3-21(23(28)25-17-7-4-5-8-17)26(16-19-9-6-14-32-19)22(27)15-24-33(29,30)20-12-10-18(31-2)11-13-20/h6,9-14,17,21,24H,3-5,7-8,15-16H2,1-2H3,(H,25,28)/t21-/m0/s1. The number of amides is 2. The molecule has 0 radical (unpaired) electrons. The Morgan fingerprint density at radius 2 is 1.88 bits per heavy atom. The molecule has 1 heterocycles. The molecule has 0 spiro atoms. The van der Waals surface area contributed by atoms with E-state index >= 15 is 0 Å². The Morgan fingerprint density at radius 1 is 1.18 bits per heavy atom. The number of carbonyl (C=O) groups is 2. The lowest BCUT2D eigenvalue weighted by Crippen LogP contribution is -2.52. The number of hydrogen-bond donors (Lipinski definition) is 2. The van der Waals surface area contributed by atoms with Gasteiger partial charge in [0.15, 0.2) is 0 Å².